The summed E-state index contributed by atoms with van der Waals surface area (Å²) in [6.45, 7) is 5.73. The molecule has 2 aliphatic heterocycles. The van der Waals surface area contributed by atoms with E-state index >= 15 is 0 Å². The van der Waals surface area contributed by atoms with Crippen molar-refractivity contribution in [3.05, 3.63) is 0 Å². The highest BCUT2D eigenvalue weighted by atomic mass is 16.4. The van der Waals surface area contributed by atoms with Gasteiger partial charge in [0.1, 0.15) is 6.04 Å². The maximum absolute atomic E-state index is 12.0. The largest absolute Gasteiger partial charge is 0.480 e. The molecule has 6 heteroatoms. The summed E-state index contributed by atoms with van der Waals surface area (Å²) in [5.74, 6) is -1.12. The van der Waals surface area contributed by atoms with Crippen LogP contribution >= 0.6 is 0 Å². The van der Waals surface area contributed by atoms with Crippen LogP contribution < -0.4 is 10.6 Å². The van der Waals surface area contributed by atoms with Crippen LogP contribution in [0.1, 0.15) is 39.5 Å². The quantitative estimate of drug-likeness (QED) is 0.719. The molecule has 2 rings (SSSR count). The normalized spacial score (nSPS) is 27.9. The second-order valence-corrected chi connectivity index (χ2v) is 6.17. The first-order valence-corrected chi connectivity index (χ1v) is 7.53. The highest BCUT2D eigenvalue weighted by Crippen LogP contribution is 2.27. The van der Waals surface area contributed by atoms with Crippen molar-refractivity contribution in [2.75, 3.05) is 13.1 Å². The lowest BCUT2D eigenvalue weighted by Gasteiger charge is -2.32. The fourth-order valence-electron chi connectivity index (χ4n) is 3.28. The van der Waals surface area contributed by atoms with Crippen molar-refractivity contribution in [1.29, 1.82) is 0 Å². The van der Waals surface area contributed by atoms with E-state index in [-0.39, 0.29) is 18.0 Å². The molecule has 3 N–H and O–H groups in total. The van der Waals surface area contributed by atoms with Crippen molar-refractivity contribution in [3.8, 4) is 0 Å². The van der Waals surface area contributed by atoms with Crippen LogP contribution in [-0.2, 0) is 4.79 Å². The van der Waals surface area contributed by atoms with Gasteiger partial charge in [-0.3, -0.25) is 4.90 Å². The molecule has 0 radical (unpaired) electrons. The van der Waals surface area contributed by atoms with Gasteiger partial charge in [0.05, 0.1) is 0 Å². The molecule has 0 aromatic carbocycles. The standard InChI is InChI=1S/C14H25N3O3/c1-9(2)12(13(18)19)16-14(20)15-10-6-8-17-7-4-3-5-11(10)17/h9-12H,3-8H2,1-2H3,(H,18,19)(H2,15,16,20)/t10?,11?,12-/m1/s1. The van der Waals surface area contributed by atoms with Crippen molar-refractivity contribution in [2.45, 2.75) is 57.7 Å². The third kappa shape index (κ3) is 3.42. The summed E-state index contributed by atoms with van der Waals surface area (Å²) in [4.78, 5) is 25.5. The van der Waals surface area contributed by atoms with E-state index < -0.39 is 12.0 Å². The van der Waals surface area contributed by atoms with E-state index in [9.17, 15) is 9.59 Å². The average Bonchev–Trinajstić information content (AvgIpc) is 2.79. The maximum atomic E-state index is 12.0. The summed E-state index contributed by atoms with van der Waals surface area (Å²) >= 11 is 0. The Bertz CT molecular complexity index is 373. The maximum Gasteiger partial charge on any atom is 0.326 e. The van der Waals surface area contributed by atoms with E-state index in [0.29, 0.717) is 6.04 Å². The molecule has 0 bridgehead atoms. The molecule has 0 aromatic rings. The molecule has 3 atom stereocenters. The molecule has 0 saturated carbocycles. The lowest BCUT2D eigenvalue weighted by molar-refractivity contribution is -0.140. The molecular formula is C14H25N3O3. The predicted molar refractivity (Wildman–Crippen MR) is 75.5 cm³/mol. The van der Waals surface area contributed by atoms with Gasteiger partial charge in [-0.05, 0) is 31.7 Å². The average molecular weight is 283 g/mol. The summed E-state index contributed by atoms with van der Waals surface area (Å²) in [5.41, 5.74) is 0. The zero-order valence-corrected chi connectivity index (χ0v) is 12.3. The predicted octanol–water partition coefficient (Wildman–Crippen LogP) is 1.02. The third-order valence-electron chi connectivity index (χ3n) is 4.39. The van der Waals surface area contributed by atoms with Crippen LogP contribution in [0.3, 0.4) is 0 Å². The van der Waals surface area contributed by atoms with E-state index in [2.05, 4.69) is 15.5 Å². The van der Waals surface area contributed by atoms with Crippen LogP contribution in [0.4, 0.5) is 4.79 Å². The third-order valence-corrected chi connectivity index (χ3v) is 4.39. The molecule has 20 heavy (non-hydrogen) atoms. The second kappa shape index (κ2) is 6.43. The number of carboxylic acids is 1. The van der Waals surface area contributed by atoms with Gasteiger partial charge >= 0.3 is 12.0 Å². The molecule has 6 nitrogen and oxygen atoms in total. The van der Waals surface area contributed by atoms with Crippen LogP contribution in [0.2, 0.25) is 0 Å². The van der Waals surface area contributed by atoms with Crippen molar-refractivity contribution in [3.63, 3.8) is 0 Å². The number of urea groups is 1. The van der Waals surface area contributed by atoms with Gasteiger partial charge in [0, 0.05) is 18.6 Å². The number of hydrogen-bond donors (Lipinski definition) is 3. The Kier molecular flexibility index (Phi) is 4.86. The lowest BCUT2D eigenvalue weighted by atomic mass is 9.99. The Morgan fingerprint density at radius 2 is 1.95 bits per heavy atom. The number of carboxylic acid groups (broad SMARTS) is 1. The van der Waals surface area contributed by atoms with E-state index in [1.165, 1.54) is 12.8 Å². The Balaban J connectivity index is 1.86. The minimum Gasteiger partial charge on any atom is -0.480 e. The van der Waals surface area contributed by atoms with Crippen molar-refractivity contribution in [1.82, 2.24) is 15.5 Å². The Labute approximate surface area is 119 Å². The number of hydrogen-bond acceptors (Lipinski definition) is 3. The monoisotopic (exact) mass is 283 g/mol. The summed E-state index contributed by atoms with van der Waals surface area (Å²) in [7, 11) is 0. The molecule has 2 amide bonds. The summed E-state index contributed by atoms with van der Waals surface area (Å²) < 4.78 is 0. The van der Waals surface area contributed by atoms with Gasteiger partial charge in [-0.2, -0.15) is 0 Å². The summed E-state index contributed by atoms with van der Waals surface area (Å²) in [5, 5.41) is 14.6. The fraction of sp³-hybridized carbons (Fsp3) is 0.857. The van der Waals surface area contributed by atoms with Gasteiger partial charge in [-0.15, -0.1) is 0 Å². The highest BCUT2D eigenvalue weighted by molar-refractivity contribution is 5.82. The Hall–Kier alpha value is -1.30. The van der Waals surface area contributed by atoms with Gasteiger partial charge in [0.25, 0.3) is 0 Å². The zero-order chi connectivity index (χ0) is 14.7. The molecule has 2 aliphatic rings. The number of carbonyl (C=O) groups excluding carboxylic acids is 1. The van der Waals surface area contributed by atoms with Crippen LogP contribution in [0.15, 0.2) is 0 Å². The minimum absolute atomic E-state index is 0.131. The van der Waals surface area contributed by atoms with Crippen LogP contribution in [-0.4, -0.2) is 53.2 Å². The SMILES string of the molecule is CC(C)[C@@H](NC(=O)NC1CCN2CCCCC12)C(=O)O. The van der Waals surface area contributed by atoms with Gasteiger partial charge in [-0.25, -0.2) is 9.59 Å². The number of rotatable bonds is 4. The summed E-state index contributed by atoms with van der Waals surface area (Å²) in [6.07, 6.45) is 4.53. The molecule has 114 valence electrons. The topological polar surface area (TPSA) is 81.7 Å². The van der Waals surface area contributed by atoms with Crippen molar-refractivity contribution in [2.24, 2.45) is 5.92 Å². The lowest BCUT2D eigenvalue weighted by Crippen LogP contribution is -2.54. The Morgan fingerprint density at radius 3 is 2.60 bits per heavy atom. The smallest absolute Gasteiger partial charge is 0.326 e. The first-order chi connectivity index (χ1) is 9.49. The molecule has 0 aliphatic carbocycles. The molecular weight excluding hydrogens is 258 g/mol. The number of nitrogens with zero attached hydrogens (tertiary/aromatic N) is 1. The summed E-state index contributed by atoms with van der Waals surface area (Å²) in [6, 6.07) is -0.615. The van der Waals surface area contributed by atoms with Gasteiger partial charge in [0.15, 0.2) is 0 Å². The van der Waals surface area contributed by atoms with E-state index in [1.807, 2.05) is 0 Å². The highest BCUT2D eigenvalue weighted by Gasteiger charge is 2.36. The Morgan fingerprint density at radius 1 is 1.20 bits per heavy atom. The van der Waals surface area contributed by atoms with Crippen molar-refractivity contribution < 1.29 is 14.7 Å². The van der Waals surface area contributed by atoms with Crippen LogP contribution in [0.5, 0.6) is 0 Å². The number of piperidine rings is 1. The number of fused-ring (bicyclic) bond motifs is 1. The molecule has 0 aromatic heterocycles. The number of nitrogens with one attached hydrogen (secondary N) is 2. The molecule has 2 fully saturated rings. The number of carbonyl (C=O) groups is 2. The molecule has 2 unspecified atom stereocenters. The zero-order valence-electron chi connectivity index (χ0n) is 12.3. The number of amides is 2. The number of aliphatic carboxylic acids is 1. The molecule has 2 saturated heterocycles. The first kappa shape index (κ1) is 15.1. The molecule has 2 heterocycles. The minimum atomic E-state index is -0.985. The second-order valence-electron chi connectivity index (χ2n) is 6.17. The van der Waals surface area contributed by atoms with E-state index in [1.54, 1.807) is 13.8 Å². The van der Waals surface area contributed by atoms with Crippen LogP contribution in [0.25, 0.3) is 0 Å². The molecule has 0 spiro atoms. The fourth-order valence-corrected chi connectivity index (χ4v) is 3.28. The van der Waals surface area contributed by atoms with E-state index in [0.717, 1.165) is 25.9 Å². The van der Waals surface area contributed by atoms with E-state index in [4.69, 9.17) is 5.11 Å². The van der Waals surface area contributed by atoms with Gasteiger partial charge in [-0.1, -0.05) is 20.3 Å². The van der Waals surface area contributed by atoms with Crippen LogP contribution in [0, 0.1) is 5.92 Å². The van der Waals surface area contributed by atoms with Crippen molar-refractivity contribution >= 4 is 12.0 Å². The van der Waals surface area contributed by atoms with Gasteiger partial charge < -0.3 is 15.7 Å². The van der Waals surface area contributed by atoms with Gasteiger partial charge in [0.2, 0.25) is 0 Å². The first-order valence-electron chi connectivity index (χ1n) is 7.53.